The molecule has 0 aromatic heterocycles. The van der Waals surface area contributed by atoms with Crippen molar-refractivity contribution in [1.29, 1.82) is 0 Å². The molecule has 2 unspecified atom stereocenters. The zero-order valence-electron chi connectivity index (χ0n) is 13.9. The van der Waals surface area contributed by atoms with Crippen molar-refractivity contribution < 1.29 is 9.90 Å². The van der Waals surface area contributed by atoms with Gasteiger partial charge in [0.25, 0.3) is 0 Å². The molecule has 2 N–H and O–H groups in total. The maximum Gasteiger partial charge on any atom is 0.317 e. The summed E-state index contributed by atoms with van der Waals surface area (Å²) in [6.45, 7) is 6.76. The number of fused-ring (bicyclic) bond motifs is 1. The lowest BCUT2D eigenvalue weighted by molar-refractivity contribution is 0.0434. The molecule has 2 aliphatic rings. The van der Waals surface area contributed by atoms with Gasteiger partial charge in [-0.2, -0.15) is 0 Å². The number of likely N-dealkylation sites (tertiary alicyclic amines) is 1. The van der Waals surface area contributed by atoms with Crippen molar-refractivity contribution in [2.24, 2.45) is 5.92 Å². The number of benzene rings is 1. The molecule has 0 radical (unpaired) electrons. The van der Waals surface area contributed by atoms with Crippen molar-refractivity contribution in [2.75, 3.05) is 32.7 Å². The van der Waals surface area contributed by atoms with Gasteiger partial charge in [0, 0.05) is 39.3 Å². The van der Waals surface area contributed by atoms with Crippen LogP contribution in [0.2, 0.25) is 0 Å². The quantitative estimate of drug-likeness (QED) is 0.887. The molecule has 0 aliphatic carbocycles. The molecule has 2 heterocycles. The van der Waals surface area contributed by atoms with Crippen molar-refractivity contribution >= 4 is 6.03 Å². The Hall–Kier alpha value is -1.59. The Morgan fingerprint density at radius 2 is 2.09 bits per heavy atom. The van der Waals surface area contributed by atoms with Gasteiger partial charge in [-0.05, 0) is 29.9 Å². The Morgan fingerprint density at radius 3 is 2.87 bits per heavy atom. The lowest BCUT2D eigenvalue weighted by Crippen LogP contribution is -2.50. The van der Waals surface area contributed by atoms with E-state index in [4.69, 9.17) is 0 Å². The topological polar surface area (TPSA) is 55.8 Å². The number of rotatable bonds is 3. The summed E-state index contributed by atoms with van der Waals surface area (Å²) in [5.41, 5.74) is 2.85. The van der Waals surface area contributed by atoms with E-state index in [0.29, 0.717) is 13.1 Å². The third-order valence-electron chi connectivity index (χ3n) is 5.12. The van der Waals surface area contributed by atoms with Gasteiger partial charge in [-0.15, -0.1) is 0 Å². The number of piperidine rings is 1. The molecule has 23 heavy (non-hydrogen) atoms. The summed E-state index contributed by atoms with van der Waals surface area (Å²) in [4.78, 5) is 16.3. The lowest BCUT2D eigenvalue weighted by Gasteiger charge is -2.34. The highest BCUT2D eigenvalue weighted by molar-refractivity contribution is 5.74. The van der Waals surface area contributed by atoms with Crippen LogP contribution in [0.1, 0.15) is 24.5 Å². The van der Waals surface area contributed by atoms with Crippen molar-refractivity contribution in [2.45, 2.75) is 32.4 Å². The van der Waals surface area contributed by atoms with Gasteiger partial charge >= 0.3 is 6.03 Å². The normalized spacial score (nSPS) is 25.0. The first kappa shape index (κ1) is 16.3. The van der Waals surface area contributed by atoms with Gasteiger partial charge in [0.2, 0.25) is 0 Å². The van der Waals surface area contributed by atoms with Crippen LogP contribution in [0.25, 0.3) is 0 Å². The van der Waals surface area contributed by atoms with Gasteiger partial charge in [0.05, 0.1) is 6.10 Å². The number of hydrogen-bond donors (Lipinski definition) is 2. The number of aliphatic hydroxyl groups excluding tert-OH is 1. The maximum absolute atomic E-state index is 12.2. The first-order chi connectivity index (χ1) is 11.1. The van der Waals surface area contributed by atoms with Gasteiger partial charge in [-0.1, -0.05) is 31.2 Å². The molecular formula is C18H27N3O2. The summed E-state index contributed by atoms with van der Waals surface area (Å²) < 4.78 is 0. The van der Waals surface area contributed by atoms with E-state index >= 15 is 0 Å². The SMILES string of the molecule is CC1CCN(C(=O)NCCN2CCc3ccccc3C2)CC1O. The van der Waals surface area contributed by atoms with Crippen LogP contribution in [0.15, 0.2) is 24.3 Å². The van der Waals surface area contributed by atoms with Crippen LogP contribution in [-0.4, -0.2) is 59.8 Å². The number of hydrogen-bond acceptors (Lipinski definition) is 3. The first-order valence-corrected chi connectivity index (χ1v) is 8.63. The summed E-state index contributed by atoms with van der Waals surface area (Å²) in [5.74, 6) is 0.285. The number of nitrogens with zero attached hydrogens (tertiary/aromatic N) is 2. The van der Waals surface area contributed by atoms with Crippen molar-refractivity contribution in [1.82, 2.24) is 15.1 Å². The van der Waals surface area contributed by atoms with Crippen LogP contribution in [0.3, 0.4) is 0 Å². The molecule has 0 spiro atoms. The van der Waals surface area contributed by atoms with Crippen LogP contribution in [0, 0.1) is 5.92 Å². The van der Waals surface area contributed by atoms with E-state index in [1.165, 1.54) is 11.1 Å². The second kappa shape index (κ2) is 7.32. The fraction of sp³-hybridized carbons (Fsp3) is 0.611. The fourth-order valence-corrected chi connectivity index (χ4v) is 3.41. The van der Waals surface area contributed by atoms with Crippen molar-refractivity contribution in [3.05, 3.63) is 35.4 Å². The van der Waals surface area contributed by atoms with Gasteiger partial charge in [0.1, 0.15) is 0 Å². The van der Waals surface area contributed by atoms with Gasteiger partial charge in [-0.3, -0.25) is 4.90 Å². The van der Waals surface area contributed by atoms with Crippen molar-refractivity contribution in [3.8, 4) is 0 Å². The number of carbonyl (C=O) groups excluding carboxylic acids is 1. The van der Waals surface area contributed by atoms with E-state index < -0.39 is 6.10 Å². The summed E-state index contributed by atoms with van der Waals surface area (Å²) in [7, 11) is 0. The minimum Gasteiger partial charge on any atom is -0.391 e. The molecule has 1 saturated heterocycles. The predicted octanol–water partition coefficient (Wildman–Crippen LogP) is 1.46. The number of urea groups is 1. The Bertz CT molecular complexity index is 549. The number of amides is 2. The standard InChI is InChI=1S/C18H27N3O2/c1-14-6-10-21(13-17(14)22)18(23)19-8-11-20-9-7-15-4-2-3-5-16(15)12-20/h2-5,14,17,22H,6-13H2,1H3,(H,19,23). The van der Waals surface area contributed by atoms with E-state index in [1.54, 1.807) is 4.90 Å². The zero-order chi connectivity index (χ0) is 16.2. The highest BCUT2D eigenvalue weighted by Gasteiger charge is 2.27. The molecule has 3 rings (SSSR count). The largest absolute Gasteiger partial charge is 0.391 e. The smallest absolute Gasteiger partial charge is 0.317 e. The van der Waals surface area contributed by atoms with Gasteiger partial charge in [-0.25, -0.2) is 4.79 Å². The summed E-state index contributed by atoms with van der Waals surface area (Å²) in [5, 5.41) is 12.9. The second-order valence-electron chi connectivity index (χ2n) is 6.81. The summed E-state index contributed by atoms with van der Waals surface area (Å²) in [6.07, 6.45) is 1.56. The molecule has 2 amide bonds. The summed E-state index contributed by atoms with van der Waals surface area (Å²) in [6, 6.07) is 8.54. The zero-order valence-corrected chi connectivity index (χ0v) is 13.9. The molecule has 1 fully saturated rings. The van der Waals surface area contributed by atoms with E-state index in [9.17, 15) is 9.90 Å². The second-order valence-corrected chi connectivity index (χ2v) is 6.81. The van der Waals surface area contributed by atoms with Gasteiger partial charge < -0.3 is 15.3 Å². The maximum atomic E-state index is 12.2. The molecule has 1 aromatic rings. The fourth-order valence-electron chi connectivity index (χ4n) is 3.41. The lowest BCUT2D eigenvalue weighted by atomic mass is 9.96. The molecule has 0 saturated carbocycles. The van der Waals surface area contributed by atoms with E-state index in [-0.39, 0.29) is 11.9 Å². The van der Waals surface area contributed by atoms with E-state index in [0.717, 1.165) is 39.0 Å². The third-order valence-corrected chi connectivity index (χ3v) is 5.12. The van der Waals surface area contributed by atoms with E-state index in [2.05, 4.69) is 34.5 Å². The minimum absolute atomic E-state index is 0.0478. The monoisotopic (exact) mass is 317 g/mol. The van der Waals surface area contributed by atoms with Crippen molar-refractivity contribution in [3.63, 3.8) is 0 Å². The first-order valence-electron chi connectivity index (χ1n) is 8.63. The average Bonchev–Trinajstić information content (AvgIpc) is 2.57. The highest BCUT2D eigenvalue weighted by atomic mass is 16.3. The number of aliphatic hydroxyl groups is 1. The summed E-state index contributed by atoms with van der Waals surface area (Å²) >= 11 is 0. The molecule has 1 aromatic carbocycles. The average molecular weight is 317 g/mol. The number of nitrogens with one attached hydrogen (secondary N) is 1. The molecule has 5 nitrogen and oxygen atoms in total. The number of carbonyl (C=O) groups is 1. The third kappa shape index (κ3) is 4.03. The molecular weight excluding hydrogens is 290 g/mol. The van der Waals surface area contributed by atoms with Crippen LogP contribution < -0.4 is 5.32 Å². The molecule has 2 aliphatic heterocycles. The molecule has 126 valence electrons. The Morgan fingerprint density at radius 1 is 1.30 bits per heavy atom. The van der Waals surface area contributed by atoms with Crippen LogP contribution >= 0.6 is 0 Å². The predicted molar refractivity (Wildman–Crippen MR) is 90.2 cm³/mol. The highest BCUT2D eigenvalue weighted by Crippen LogP contribution is 2.18. The Balaban J connectivity index is 1.41. The van der Waals surface area contributed by atoms with Gasteiger partial charge in [0.15, 0.2) is 0 Å². The van der Waals surface area contributed by atoms with Crippen LogP contribution in [0.5, 0.6) is 0 Å². The minimum atomic E-state index is -0.395. The number of β-amino-alcohol motifs (C(OH)–C–C–N with tert-alkyl or cyclic N) is 1. The van der Waals surface area contributed by atoms with E-state index in [1.807, 2.05) is 6.92 Å². The molecule has 2 atom stereocenters. The Labute approximate surface area is 138 Å². The Kier molecular flexibility index (Phi) is 5.18. The molecule has 5 heteroatoms. The van der Waals surface area contributed by atoms with Crippen LogP contribution in [0.4, 0.5) is 4.79 Å². The molecule has 0 bridgehead atoms. The van der Waals surface area contributed by atoms with Crippen LogP contribution in [-0.2, 0) is 13.0 Å².